The molecule has 4 nitrogen and oxygen atoms in total. The summed E-state index contributed by atoms with van der Waals surface area (Å²) in [6.07, 6.45) is 1.30. The minimum absolute atomic E-state index is 0.386. The van der Waals surface area contributed by atoms with Crippen molar-refractivity contribution in [1.82, 2.24) is 0 Å². The summed E-state index contributed by atoms with van der Waals surface area (Å²) in [5, 5.41) is -0.467. The van der Waals surface area contributed by atoms with Crippen LogP contribution in [0.5, 0.6) is 0 Å². The van der Waals surface area contributed by atoms with Crippen LogP contribution in [0.3, 0.4) is 0 Å². The summed E-state index contributed by atoms with van der Waals surface area (Å²) in [5.41, 5.74) is 7.69. The van der Waals surface area contributed by atoms with E-state index in [0.29, 0.717) is 12.3 Å². The van der Waals surface area contributed by atoms with E-state index in [1.54, 1.807) is 11.8 Å². The Balaban J connectivity index is 2.46. The monoisotopic (exact) mass is 364 g/mol. The summed E-state index contributed by atoms with van der Waals surface area (Å²) >= 11 is 5.17. The van der Waals surface area contributed by atoms with Crippen LogP contribution in [-0.2, 0) is 16.4 Å². The van der Waals surface area contributed by atoms with Gasteiger partial charge in [0.25, 0.3) is 0 Å². The molecular formula is C12H17BrN2O2S2. The van der Waals surface area contributed by atoms with E-state index < -0.39 is 15.2 Å². The first-order valence-electron chi connectivity index (χ1n) is 5.96. The molecular weight excluding hydrogens is 348 g/mol. The molecule has 1 heterocycles. The van der Waals surface area contributed by atoms with E-state index in [0.717, 1.165) is 28.0 Å². The molecule has 1 aromatic rings. The van der Waals surface area contributed by atoms with E-state index in [1.807, 2.05) is 23.1 Å². The fourth-order valence-electron chi connectivity index (χ4n) is 2.23. The highest BCUT2D eigenvalue weighted by molar-refractivity contribution is 9.10. The van der Waals surface area contributed by atoms with Crippen LogP contribution in [0.2, 0.25) is 0 Å². The lowest BCUT2D eigenvalue weighted by molar-refractivity contribution is 0.584. The number of nitrogens with two attached hydrogens (primary N) is 1. The summed E-state index contributed by atoms with van der Waals surface area (Å²) in [6, 6.07) is 5.79. The van der Waals surface area contributed by atoms with Crippen molar-refractivity contribution in [3.05, 3.63) is 28.2 Å². The van der Waals surface area contributed by atoms with Gasteiger partial charge in [0.05, 0.1) is 0 Å². The standard InChI is InChI=1S/C12H17BrN2O2S2/c1-19(16,17)12-8-18-6-5-15(12)11-4-2-3-10(13)9(11)7-14/h2-4,12H,5-8,14H2,1H3. The number of anilines is 1. The molecule has 0 spiro atoms. The van der Waals surface area contributed by atoms with Gasteiger partial charge in [-0.2, -0.15) is 11.8 Å². The van der Waals surface area contributed by atoms with Crippen LogP contribution in [0.15, 0.2) is 22.7 Å². The molecule has 1 atom stereocenters. The minimum atomic E-state index is -3.11. The lowest BCUT2D eigenvalue weighted by Gasteiger charge is -2.37. The summed E-state index contributed by atoms with van der Waals surface area (Å²) in [4.78, 5) is 1.97. The number of hydrogen-bond donors (Lipinski definition) is 1. The van der Waals surface area contributed by atoms with Crippen LogP contribution in [0.4, 0.5) is 5.69 Å². The van der Waals surface area contributed by atoms with Gasteiger partial charge in [-0.25, -0.2) is 8.42 Å². The number of halogens is 1. The lowest BCUT2D eigenvalue weighted by Crippen LogP contribution is -2.47. The van der Waals surface area contributed by atoms with E-state index in [4.69, 9.17) is 5.73 Å². The van der Waals surface area contributed by atoms with Gasteiger partial charge in [-0.15, -0.1) is 0 Å². The van der Waals surface area contributed by atoms with Gasteiger partial charge in [0, 0.05) is 46.6 Å². The Morgan fingerprint density at radius 1 is 1.53 bits per heavy atom. The number of nitrogens with zero attached hydrogens (tertiary/aromatic N) is 1. The van der Waals surface area contributed by atoms with Crippen molar-refractivity contribution in [3.8, 4) is 0 Å². The fourth-order valence-corrected chi connectivity index (χ4v) is 5.58. The van der Waals surface area contributed by atoms with E-state index in [1.165, 1.54) is 6.26 Å². The number of thioether (sulfide) groups is 1. The lowest BCUT2D eigenvalue weighted by atomic mass is 10.1. The van der Waals surface area contributed by atoms with Gasteiger partial charge in [-0.1, -0.05) is 22.0 Å². The molecule has 19 heavy (non-hydrogen) atoms. The Morgan fingerprint density at radius 2 is 2.26 bits per heavy atom. The molecule has 1 saturated heterocycles. The average molecular weight is 365 g/mol. The predicted octanol–water partition coefficient (Wildman–Crippen LogP) is 1.83. The second-order valence-corrected chi connectivity index (χ2v) is 8.70. The van der Waals surface area contributed by atoms with Gasteiger partial charge in [0.1, 0.15) is 5.37 Å². The maximum atomic E-state index is 12.0. The molecule has 0 aliphatic carbocycles. The molecule has 0 radical (unpaired) electrons. The third kappa shape index (κ3) is 3.26. The quantitative estimate of drug-likeness (QED) is 0.886. The number of benzene rings is 1. The molecule has 0 aromatic heterocycles. The van der Waals surface area contributed by atoms with Crippen molar-refractivity contribution >= 4 is 43.2 Å². The maximum Gasteiger partial charge on any atom is 0.169 e. The van der Waals surface area contributed by atoms with Crippen LogP contribution >= 0.6 is 27.7 Å². The zero-order valence-corrected chi connectivity index (χ0v) is 13.9. The number of sulfone groups is 1. The highest BCUT2D eigenvalue weighted by Gasteiger charge is 2.32. The highest BCUT2D eigenvalue weighted by atomic mass is 79.9. The zero-order chi connectivity index (χ0) is 14.0. The van der Waals surface area contributed by atoms with Gasteiger partial charge in [0.2, 0.25) is 0 Å². The summed E-state index contributed by atoms with van der Waals surface area (Å²) in [5.74, 6) is 1.54. The molecule has 0 saturated carbocycles. The van der Waals surface area contributed by atoms with Crippen molar-refractivity contribution < 1.29 is 8.42 Å². The van der Waals surface area contributed by atoms with Crippen molar-refractivity contribution in [2.45, 2.75) is 11.9 Å². The smallest absolute Gasteiger partial charge is 0.169 e. The molecule has 7 heteroatoms. The average Bonchev–Trinajstić information content (AvgIpc) is 2.37. The summed E-state index contributed by atoms with van der Waals surface area (Å²) < 4.78 is 24.8. The van der Waals surface area contributed by atoms with Crippen molar-refractivity contribution in [1.29, 1.82) is 0 Å². The Hall–Kier alpha value is -0.240. The van der Waals surface area contributed by atoms with Gasteiger partial charge in [0.15, 0.2) is 9.84 Å². The first kappa shape index (κ1) is 15.2. The number of hydrogen-bond acceptors (Lipinski definition) is 5. The molecule has 2 rings (SSSR count). The SMILES string of the molecule is CS(=O)(=O)C1CSCCN1c1cccc(Br)c1CN. The van der Waals surface area contributed by atoms with Gasteiger partial charge >= 0.3 is 0 Å². The Kier molecular flexibility index (Phi) is 4.81. The maximum absolute atomic E-state index is 12.0. The molecule has 1 unspecified atom stereocenters. The van der Waals surface area contributed by atoms with Gasteiger partial charge < -0.3 is 10.6 Å². The molecule has 1 aliphatic rings. The molecule has 0 amide bonds. The molecule has 106 valence electrons. The Bertz CT molecular complexity index is 563. The van der Waals surface area contributed by atoms with Crippen LogP contribution in [0.25, 0.3) is 0 Å². The molecule has 1 fully saturated rings. The van der Waals surface area contributed by atoms with Crippen molar-refractivity contribution in [3.63, 3.8) is 0 Å². The molecule has 1 aromatic carbocycles. The third-order valence-corrected chi connectivity index (χ3v) is 6.57. The number of rotatable bonds is 3. The third-order valence-electron chi connectivity index (χ3n) is 3.19. The largest absolute Gasteiger partial charge is 0.353 e. The molecule has 1 aliphatic heterocycles. The van der Waals surface area contributed by atoms with Gasteiger partial charge in [-0.05, 0) is 12.1 Å². The second kappa shape index (κ2) is 6.03. The molecule has 2 N–H and O–H groups in total. The van der Waals surface area contributed by atoms with Crippen LogP contribution in [0.1, 0.15) is 5.56 Å². The van der Waals surface area contributed by atoms with Crippen molar-refractivity contribution in [2.75, 3.05) is 29.2 Å². The minimum Gasteiger partial charge on any atom is -0.353 e. The van der Waals surface area contributed by atoms with Gasteiger partial charge in [-0.3, -0.25) is 0 Å². The second-order valence-electron chi connectivity index (χ2n) is 4.49. The van der Waals surface area contributed by atoms with Crippen molar-refractivity contribution in [2.24, 2.45) is 5.73 Å². The Labute approximate surface area is 126 Å². The normalized spacial score (nSPS) is 20.6. The van der Waals surface area contributed by atoms with E-state index in [2.05, 4.69) is 15.9 Å². The first-order chi connectivity index (χ1) is 8.95. The van der Waals surface area contributed by atoms with E-state index in [-0.39, 0.29) is 0 Å². The summed E-state index contributed by atoms with van der Waals surface area (Å²) in [6.45, 7) is 1.11. The highest BCUT2D eigenvalue weighted by Crippen LogP contribution is 2.32. The molecule has 0 bridgehead atoms. The zero-order valence-electron chi connectivity index (χ0n) is 10.7. The van der Waals surface area contributed by atoms with E-state index in [9.17, 15) is 8.42 Å². The predicted molar refractivity (Wildman–Crippen MR) is 85.3 cm³/mol. The first-order valence-corrected chi connectivity index (χ1v) is 9.86. The topological polar surface area (TPSA) is 63.4 Å². The Morgan fingerprint density at radius 3 is 2.89 bits per heavy atom. The van der Waals surface area contributed by atoms with E-state index >= 15 is 0 Å². The van der Waals surface area contributed by atoms with Crippen LogP contribution in [-0.4, -0.2) is 38.1 Å². The summed E-state index contributed by atoms with van der Waals surface area (Å²) in [7, 11) is -3.11. The van der Waals surface area contributed by atoms with Crippen LogP contribution < -0.4 is 10.6 Å². The fraction of sp³-hybridized carbons (Fsp3) is 0.500. The van der Waals surface area contributed by atoms with Crippen LogP contribution in [0, 0.1) is 0 Å².